The fraction of sp³-hybridized carbons (Fsp3) is 0.375. The molecule has 0 amide bonds. The summed E-state index contributed by atoms with van der Waals surface area (Å²) in [4.78, 5) is 14.1. The van der Waals surface area contributed by atoms with Gasteiger partial charge >= 0.3 is 5.97 Å². The SMILES string of the molecule is CCOC(=O)c1[nH]c(C)c(Br)c1N. The number of nitrogen functional groups attached to an aromatic ring is 1. The number of esters is 1. The van der Waals surface area contributed by atoms with E-state index in [0.29, 0.717) is 18.0 Å². The minimum atomic E-state index is -0.422. The summed E-state index contributed by atoms with van der Waals surface area (Å²) in [6, 6.07) is 0. The molecule has 0 bridgehead atoms. The third-order valence-corrected chi connectivity index (χ3v) is 2.65. The first kappa shape index (κ1) is 10.1. The predicted octanol–water partition coefficient (Wildman–Crippen LogP) is 1.84. The second kappa shape index (κ2) is 3.83. The van der Waals surface area contributed by atoms with Crippen molar-refractivity contribution < 1.29 is 9.53 Å². The van der Waals surface area contributed by atoms with Crippen LogP contribution in [-0.2, 0) is 4.74 Å². The number of aromatic nitrogens is 1. The number of anilines is 1. The average Bonchev–Trinajstić information content (AvgIpc) is 2.33. The van der Waals surface area contributed by atoms with Gasteiger partial charge in [0.25, 0.3) is 0 Å². The Balaban J connectivity index is 3.01. The number of ether oxygens (including phenoxy) is 1. The summed E-state index contributed by atoms with van der Waals surface area (Å²) in [5, 5.41) is 0. The molecule has 0 radical (unpaired) electrons. The molecular weight excluding hydrogens is 236 g/mol. The minimum absolute atomic E-state index is 0.311. The maximum atomic E-state index is 11.3. The Morgan fingerprint density at radius 2 is 2.31 bits per heavy atom. The van der Waals surface area contributed by atoms with Crippen LogP contribution >= 0.6 is 15.9 Å². The predicted molar refractivity (Wildman–Crippen MR) is 53.6 cm³/mol. The summed E-state index contributed by atoms with van der Waals surface area (Å²) in [6.45, 7) is 3.91. The van der Waals surface area contributed by atoms with Gasteiger partial charge in [0.15, 0.2) is 0 Å². The number of carbonyl (C=O) groups is 1. The van der Waals surface area contributed by atoms with Crippen LogP contribution in [0.3, 0.4) is 0 Å². The number of nitrogens with two attached hydrogens (primary N) is 1. The van der Waals surface area contributed by atoms with Crippen LogP contribution in [0.25, 0.3) is 0 Å². The second-order valence-corrected chi connectivity index (χ2v) is 3.37. The number of H-pyrrole nitrogens is 1. The van der Waals surface area contributed by atoms with Crippen molar-refractivity contribution in [2.24, 2.45) is 0 Å². The highest BCUT2D eigenvalue weighted by Crippen LogP contribution is 2.27. The number of hydrogen-bond donors (Lipinski definition) is 2. The zero-order valence-electron chi connectivity index (χ0n) is 7.48. The number of aromatic amines is 1. The molecule has 0 aliphatic heterocycles. The molecule has 0 saturated carbocycles. The van der Waals surface area contributed by atoms with Gasteiger partial charge in [-0.3, -0.25) is 0 Å². The normalized spacial score (nSPS) is 10.1. The van der Waals surface area contributed by atoms with E-state index in [4.69, 9.17) is 10.5 Å². The van der Waals surface area contributed by atoms with E-state index in [9.17, 15) is 4.79 Å². The van der Waals surface area contributed by atoms with Crippen molar-refractivity contribution in [3.05, 3.63) is 15.9 Å². The van der Waals surface area contributed by atoms with Crippen molar-refractivity contribution in [1.29, 1.82) is 0 Å². The molecule has 0 atom stereocenters. The van der Waals surface area contributed by atoms with Crippen LogP contribution in [0, 0.1) is 6.92 Å². The van der Waals surface area contributed by atoms with Crippen LogP contribution in [0.5, 0.6) is 0 Å². The van der Waals surface area contributed by atoms with Crippen molar-refractivity contribution >= 4 is 27.6 Å². The van der Waals surface area contributed by atoms with Crippen LogP contribution in [0.2, 0.25) is 0 Å². The van der Waals surface area contributed by atoms with E-state index in [1.165, 1.54) is 0 Å². The molecule has 5 heteroatoms. The van der Waals surface area contributed by atoms with Gasteiger partial charge in [-0.25, -0.2) is 4.79 Å². The van der Waals surface area contributed by atoms with Crippen LogP contribution in [-0.4, -0.2) is 17.6 Å². The molecule has 13 heavy (non-hydrogen) atoms. The Labute approximate surface area is 84.6 Å². The first-order valence-electron chi connectivity index (χ1n) is 3.88. The van der Waals surface area contributed by atoms with Crippen LogP contribution < -0.4 is 5.73 Å². The number of halogens is 1. The zero-order chi connectivity index (χ0) is 10.0. The second-order valence-electron chi connectivity index (χ2n) is 2.57. The topological polar surface area (TPSA) is 68.1 Å². The van der Waals surface area contributed by atoms with E-state index in [0.717, 1.165) is 10.2 Å². The lowest BCUT2D eigenvalue weighted by molar-refractivity contribution is 0.0521. The van der Waals surface area contributed by atoms with Crippen molar-refractivity contribution in [2.45, 2.75) is 13.8 Å². The monoisotopic (exact) mass is 246 g/mol. The summed E-state index contributed by atoms with van der Waals surface area (Å²) in [7, 11) is 0. The quantitative estimate of drug-likeness (QED) is 0.783. The molecule has 1 rings (SSSR count). The molecule has 0 saturated heterocycles. The van der Waals surface area contributed by atoms with E-state index in [-0.39, 0.29) is 0 Å². The van der Waals surface area contributed by atoms with Crippen LogP contribution in [0.15, 0.2) is 4.47 Å². The van der Waals surface area contributed by atoms with Gasteiger partial charge < -0.3 is 15.5 Å². The third kappa shape index (κ3) is 1.85. The highest BCUT2D eigenvalue weighted by atomic mass is 79.9. The first-order chi connectivity index (χ1) is 6.07. The summed E-state index contributed by atoms with van der Waals surface area (Å²) in [5.74, 6) is -0.422. The molecule has 0 spiro atoms. The molecule has 0 aromatic carbocycles. The van der Waals surface area contributed by atoms with Gasteiger partial charge in [0.05, 0.1) is 16.8 Å². The number of aryl methyl sites for hydroxylation is 1. The molecule has 3 N–H and O–H groups in total. The number of carbonyl (C=O) groups excluding carboxylic acids is 1. The average molecular weight is 247 g/mol. The standard InChI is InChI=1S/C8H11BrN2O2/c1-3-13-8(12)7-6(10)5(9)4(2)11-7/h11H,3,10H2,1-2H3. The Morgan fingerprint density at radius 3 is 2.69 bits per heavy atom. The van der Waals surface area contributed by atoms with Gasteiger partial charge in [-0.2, -0.15) is 0 Å². The molecule has 1 aromatic rings. The van der Waals surface area contributed by atoms with E-state index in [1.54, 1.807) is 6.92 Å². The lowest BCUT2D eigenvalue weighted by Crippen LogP contribution is -2.07. The molecule has 72 valence electrons. The van der Waals surface area contributed by atoms with Crippen molar-refractivity contribution in [3.8, 4) is 0 Å². The van der Waals surface area contributed by atoms with Gasteiger partial charge in [-0.1, -0.05) is 0 Å². The fourth-order valence-corrected chi connectivity index (χ4v) is 1.28. The summed E-state index contributed by atoms with van der Waals surface area (Å²) >= 11 is 3.26. The molecule has 4 nitrogen and oxygen atoms in total. The highest BCUT2D eigenvalue weighted by molar-refractivity contribution is 9.10. The van der Waals surface area contributed by atoms with Crippen molar-refractivity contribution in [1.82, 2.24) is 4.98 Å². The summed E-state index contributed by atoms with van der Waals surface area (Å²) in [5.41, 5.74) is 7.19. The van der Waals surface area contributed by atoms with Crippen LogP contribution in [0.1, 0.15) is 23.1 Å². The first-order valence-corrected chi connectivity index (χ1v) is 4.67. The fourth-order valence-electron chi connectivity index (χ4n) is 0.986. The Hall–Kier alpha value is -0.970. The van der Waals surface area contributed by atoms with Crippen LogP contribution in [0.4, 0.5) is 5.69 Å². The smallest absolute Gasteiger partial charge is 0.356 e. The van der Waals surface area contributed by atoms with Gasteiger partial charge in [0.2, 0.25) is 0 Å². The Morgan fingerprint density at radius 1 is 1.69 bits per heavy atom. The molecule has 0 aliphatic carbocycles. The lowest BCUT2D eigenvalue weighted by Gasteiger charge is -1.99. The van der Waals surface area contributed by atoms with Crippen molar-refractivity contribution in [3.63, 3.8) is 0 Å². The van der Waals surface area contributed by atoms with E-state index < -0.39 is 5.97 Å². The van der Waals surface area contributed by atoms with E-state index in [2.05, 4.69) is 20.9 Å². The largest absolute Gasteiger partial charge is 0.461 e. The number of hydrogen-bond acceptors (Lipinski definition) is 3. The number of nitrogens with one attached hydrogen (secondary N) is 1. The number of rotatable bonds is 2. The molecule has 1 aromatic heterocycles. The highest BCUT2D eigenvalue weighted by Gasteiger charge is 2.17. The zero-order valence-corrected chi connectivity index (χ0v) is 9.06. The van der Waals surface area contributed by atoms with Gasteiger partial charge in [0.1, 0.15) is 5.69 Å². The lowest BCUT2D eigenvalue weighted by atomic mass is 10.3. The van der Waals surface area contributed by atoms with E-state index in [1.807, 2.05) is 6.92 Å². The van der Waals surface area contributed by atoms with Gasteiger partial charge in [-0.05, 0) is 29.8 Å². The van der Waals surface area contributed by atoms with Gasteiger partial charge in [-0.15, -0.1) is 0 Å². The van der Waals surface area contributed by atoms with E-state index >= 15 is 0 Å². The maximum absolute atomic E-state index is 11.3. The molecular formula is C8H11BrN2O2. The molecule has 0 unspecified atom stereocenters. The maximum Gasteiger partial charge on any atom is 0.356 e. The van der Waals surface area contributed by atoms with Gasteiger partial charge in [0, 0.05) is 5.69 Å². The Kier molecular flexibility index (Phi) is 2.98. The molecule has 0 fully saturated rings. The Bertz CT molecular complexity index is 333. The molecule has 0 aliphatic rings. The van der Waals surface area contributed by atoms with Crippen molar-refractivity contribution in [2.75, 3.05) is 12.3 Å². The minimum Gasteiger partial charge on any atom is -0.461 e. The summed E-state index contributed by atoms with van der Waals surface area (Å²) < 4.78 is 5.52. The summed E-state index contributed by atoms with van der Waals surface area (Å²) in [6.07, 6.45) is 0. The third-order valence-electron chi connectivity index (χ3n) is 1.63. The molecule has 1 heterocycles.